The summed E-state index contributed by atoms with van der Waals surface area (Å²) in [7, 11) is 2.19. The van der Waals surface area contributed by atoms with Crippen molar-refractivity contribution >= 4 is 5.65 Å². The molecule has 100 valence electrons. The van der Waals surface area contributed by atoms with E-state index >= 15 is 0 Å². The molecule has 2 saturated heterocycles. The zero-order valence-corrected chi connectivity index (χ0v) is 11.2. The van der Waals surface area contributed by atoms with Crippen LogP contribution in [0.25, 0.3) is 5.65 Å². The van der Waals surface area contributed by atoms with Crippen LogP contribution >= 0.6 is 0 Å². The maximum Gasteiger partial charge on any atom is 0.137 e. The van der Waals surface area contributed by atoms with Crippen molar-refractivity contribution in [3.8, 4) is 0 Å². The van der Waals surface area contributed by atoms with Crippen molar-refractivity contribution in [1.82, 2.24) is 14.3 Å². The summed E-state index contributed by atoms with van der Waals surface area (Å²) >= 11 is 0. The number of fused-ring (bicyclic) bond motifs is 3. The molecule has 4 nitrogen and oxygen atoms in total. The molecule has 2 unspecified atom stereocenters. The minimum absolute atomic E-state index is 0.528. The number of nitrogens with zero attached hydrogens (tertiary/aromatic N) is 3. The van der Waals surface area contributed by atoms with Crippen LogP contribution in [0, 0.1) is 0 Å². The van der Waals surface area contributed by atoms with Gasteiger partial charge in [0.2, 0.25) is 0 Å². The Morgan fingerprint density at radius 1 is 1.26 bits per heavy atom. The van der Waals surface area contributed by atoms with E-state index < -0.39 is 5.60 Å². The fourth-order valence-corrected chi connectivity index (χ4v) is 3.88. The summed E-state index contributed by atoms with van der Waals surface area (Å²) in [4.78, 5) is 6.76. The van der Waals surface area contributed by atoms with E-state index in [1.807, 2.05) is 28.9 Å². The number of rotatable bonds is 1. The van der Waals surface area contributed by atoms with Gasteiger partial charge in [-0.05, 0) is 50.4 Å². The van der Waals surface area contributed by atoms with Gasteiger partial charge in [-0.15, -0.1) is 0 Å². The van der Waals surface area contributed by atoms with Gasteiger partial charge in [0.1, 0.15) is 5.65 Å². The molecule has 0 spiro atoms. The highest BCUT2D eigenvalue weighted by atomic mass is 16.3. The molecule has 2 atom stereocenters. The SMILES string of the molecule is CN1C2CCC1CC(O)(c1ccn3ccnc3c1)C2. The first-order chi connectivity index (χ1) is 9.16. The lowest BCUT2D eigenvalue weighted by Crippen LogP contribution is -2.47. The molecule has 2 aliphatic rings. The van der Waals surface area contributed by atoms with Crippen molar-refractivity contribution in [1.29, 1.82) is 0 Å². The third-order valence-corrected chi connectivity index (χ3v) is 5.07. The molecule has 0 amide bonds. The Morgan fingerprint density at radius 3 is 2.74 bits per heavy atom. The molecule has 0 aromatic carbocycles. The molecule has 2 fully saturated rings. The summed E-state index contributed by atoms with van der Waals surface area (Å²) in [5, 5.41) is 11.1. The average Bonchev–Trinajstić information content (AvgIpc) is 2.94. The van der Waals surface area contributed by atoms with E-state index in [4.69, 9.17) is 0 Å². The summed E-state index contributed by atoms with van der Waals surface area (Å²) in [6.45, 7) is 0. The molecule has 2 bridgehead atoms. The van der Waals surface area contributed by atoms with Gasteiger partial charge in [0.15, 0.2) is 0 Å². The van der Waals surface area contributed by atoms with Crippen LogP contribution in [0.5, 0.6) is 0 Å². The third kappa shape index (κ3) is 1.63. The van der Waals surface area contributed by atoms with Gasteiger partial charge in [0.25, 0.3) is 0 Å². The zero-order valence-electron chi connectivity index (χ0n) is 11.2. The molecule has 0 aliphatic carbocycles. The predicted molar refractivity (Wildman–Crippen MR) is 72.9 cm³/mol. The highest BCUT2D eigenvalue weighted by Gasteiger charge is 2.46. The van der Waals surface area contributed by atoms with E-state index in [0.717, 1.165) is 24.1 Å². The first-order valence-corrected chi connectivity index (χ1v) is 7.03. The van der Waals surface area contributed by atoms with Crippen LogP contribution in [0.4, 0.5) is 0 Å². The minimum Gasteiger partial charge on any atom is -0.385 e. The monoisotopic (exact) mass is 257 g/mol. The molecule has 1 N–H and O–H groups in total. The number of aliphatic hydroxyl groups is 1. The van der Waals surface area contributed by atoms with Gasteiger partial charge in [-0.2, -0.15) is 0 Å². The molecular formula is C15H19N3O. The largest absolute Gasteiger partial charge is 0.385 e. The van der Waals surface area contributed by atoms with Crippen molar-refractivity contribution < 1.29 is 5.11 Å². The normalized spacial score (nSPS) is 35.1. The highest BCUT2D eigenvalue weighted by molar-refractivity contribution is 5.43. The summed E-state index contributed by atoms with van der Waals surface area (Å²) in [6.07, 6.45) is 9.84. The van der Waals surface area contributed by atoms with Gasteiger partial charge in [0, 0.05) is 30.7 Å². The van der Waals surface area contributed by atoms with Crippen molar-refractivity contribution in [3.63, 3.8) is 0 Å². The van der Waals surface area contributed by atoms with Crippen LogP contribution in [0.2, 0.25) is 0 Å². The fraction of sp³-hybridized carbons (Fsp3) is 0.533. The molecular weight excluding hydrogens is 238 g/mol. The molecule has 4 heterocycles. The molecule has 0 radical (unpaired) electrons. The van der Waals surface area contributed by atoms with Crippen LogP contribution in [0.1, 0.15) is 31.2 Å². The smallest absolute Gasteiger partial charge is 0.137 e. The van der Waals surface area contributed by atoms with Crippen molar-refractivity contribution in [2.24, 2.45) is 0 Å². The van der Waals surface area contributed by atoms with Gasteiger partial charge >= 0.3 is 0 Å². The Balaban J connectivity index is 1.74. The number of imidazole rings is 1. The molecule has 4 heteroatoms. The molecule has 4 rings (SSSR count). The number of hydrogen-bond donors (Lipinski definition) is 1. The van der Waals surface area contributed by atoms with E-state index in [9.17, 15) is 5.11 Å². The quantitative estimate of drug-likeness (QED) is 0.846. The number of hydrogen-bond acceptors (Lipinski definition) is 3. The summed E-state index contributed by atoms with van der Waals surface area (Å²) in [5.41, 5.74) is 1.26. The fourth-order valence-electron chi connectivity index (χ4n) is 3.88. The summed E-state index contributed by atoms with van der Waals surface area (Å²) < 4.78 is 1.98. The summed E-state index contributed by atoms with van der Waals surface area (Å²) in [5.74, 6) is 0. The maximum atomic E-state index is 11.1. The Morgan fingerprint density at radius 2 is 2.00 bits per heavy atom. The minimum atomic E-state index is -0.675. The van der Waals surface area contributed by atoms with Crippen molar-refractivity contribution in [3.05, 3.63) is 36.3 Å². The Bertz CT molecular complexity index is 607. The number of pyridine rings is 1. The van der Waals surface area contributed by atoms with Crippen LogP contribution in [0.15, 0.2) is 30.7 Å². The van der Waals surface area contributed by atoms with E-state index in [1.54, 1.807) is 6.20 Å². The topological polar surface area (TPSA) is 40.8 Å². The second-order valence-electron chi connectivity index (χ2n) is 6.10. The van der Waals surface area contributed by atoms with E-state index in [2.05, 4.69) is 16.9 Å². The first-order valence-electron chi connectivity index (χ1n) is 7.03. The predicted octanol–water partition coefficient (Wildman–Crippen LogP) is 1.78. The lowest BCUT2D eigenvalue weighted by Gasteiger charge is -2.42. The second-order valence-corrected chi connectivity index (χ2v) is 6.10. The van der Waals surface area contributed by atoms with Gasteiger partial charge < -0.3 is 14.4 Å². The third-order valence-electron chi connectivity index (χ3n) is 5.07. The molecule has 2 aromatic rings. The molecule has 2 aliphatic heterocycles. The Labute approximate surface area is 112 Å². The van der Waals surface area contributed by atoms with Crippen molar-refractivity contribution in [2.45, 2.75) is 43.4 Å². The number of aromatic nitrogens is 2. The van der Waals surface area contributed by atoms with Gasteiger partial charge in [-0.25, -0.2) is 4.98 Å². The molecule has 0 saturated carbocycles. The van der Waals surface area contributed by atoms with Gasteiger partial charge in [-0.3, -0.25) is 0 Å². The van der Waals surface area contributed by atoms with Crippen LogP contribution in [-0.4, -0.2) is 38.5 Å². The molecule has 19 heavy (non-hydrogen) atoms. The zero-order chi connectivity index (χ0) is 13.0. The lowest BCUT2D eigenvalue weighted by atomic mass is 9.81. The van der Waals surface area contributed by atoms with Crippen LogP contribution in [-0.2, 0) is 5.60 Å². The Hall–Kier alpha value is -1.39. The average molecular weight is 257 g/mol. The standard InChI is InChI=1S/C15H19N3O/c1-17-12-2-3-13(17)10-15(19,9-12)11-4-6-18-7-5-16-14(18)8-11/h4-8,12-13,19H,2-3,9-10H2,1H3. The lowest BCUT2D eigenvalue weighted by molar-refractivity contribution is -0.0493. The van der Waals surface area contributed by atoms with Crippen molar-refractivity contribution in [2.75, 3.05) is 7.05 Å². The first kappa shape index (κ1) is 11.4. The van der Waals surface area contributed by atoms with E-state index in [1.165, 1.54) is 12.8 Å². The van der Waals surface area contributed by atoms with Crippen LogP contribution in [0.3, 0.4) is 0 Å². The second kappa shape index (κ2) is 3.81. The summed E-state index contributed by atoms with van der Waals surface area (Å²) in [6, 6.07) is 5.13. The van der Waals surface area contributed by atoms with E-state index in [-0.39, 0.29) is 0 Å². The number of piperidine rings is 1. The maximum absolute atomic E-state index is 11.1. The highest BCUT2D eigenvalue weighted by Crippen LogP contribution is 2.44. The molecule has 2 aromatic heterocycles. The van der Waals surface area contributed by atoms with Crippen LogP contribution < -0.4 is 0 Å². The van der Waals surface area contributed by atoms with Gasteiger partial charge in [-0.1, -0.05) is 0 Å². The van der Waals surface area contributed by atoms with Gasteiger partial charge in [0.05, 0.1) is 5.60 Å². The Kier molecular flexibility index (Phi) is 2.29. The van der Waals surface area contributed by atoms with E-state index in [0.29, 0.717) is 12.1 Å².